The van der Waals surface area contributed by atoms with Crippen LogP contribution in [0.1, 0.15) is 5.56 Å². The van der Waals surface area contributed by atoms with Gasteiger partial charge in [-0.3, -0.25) is 9.78 Å². The molecule has 9 heteroatoms. The fourth-order valence-electron chi connectivity index (χ4n) is 2.86. The molecule has 0 spiro atoms. The molecule has 1 amide bonds. The van der Waals surface area contributed by atoms with E-state index in [1.807, 2.05) is 24.3 Å². The molecule has 0 radical (unpaired) electrons. The number of hydrazine groups is 1. The topological polar surface area (TPSA) is 75.1 Å². The molecule has 0 atom stereocenters. The summed E-state index contributed by atoms with van der Waals surface area (Å²) in [6.45, 7) is 0. The summed E-state index contributed by atoms with van der Waals surface area (Å²) in [5.74, 6) is -1.41. The molecule has 0 N–H and O–H groups in total. The average molecular weight is 392 g/mol. The minimum Gasteiger partial charge on any atom is -0.272 e. The molecule has 2 aromatic carbocycles. The first-order valence-electron chi connectivity index (χ1n) is 8.65. The quantitative estimate of drug-likeness (QED) is 0.381. The lowest BCUT2D eigenvalue weighted by molar-refractivity contribution is -0.174. The molecule has 0 saturated carbocycles. The first kappa shape index (κ1) is 18.5. The third-order valence-electron chi connectivity index (χ3n) is 4.22. The summed E-state index contributed by atoms with van der Waals surface area (Å²) >= 11 is 0. The summed E-state index contributed by atoms with van der Waals surface area (Å²) in [6.07, 6.45) is 2.69. The van der Waals surface area contributed by atoms with E-state index < -0.39 is 17.3 Å². The van der Waals surface area contributed by atoms with Crippen LogP contribution in [0.2, 0.25) is 0 Å². The number of carbonyl (C=O) groups is 1. The van der Waals surface area contributed by atoms with Gasteiger partial charge in [-0.25, -0.2) is 4.98 Å². The van der Waals surface area contributed by atoms with E-state index >= 15 is 0 Å². The highest BCUT2D eigenvalue weighted by atomic mass is 19.4. The van der Waals surface area contributed by atoms with Crippen LogP contribution in [0.4, 0.5) is 14.9 Å². The Labute approximate surface area is 164 Å². The molecule has 0 aliphatic heterocycles. The molecule has 4 aromatic rings. The van der Waals surface area contributed by atoms with Crippen LogP contribution in [-0.4, -0.2) is 31.5 Å². The molecule has 7 nitrogen and oxygen atoms in total. The second-order valence-corrected chi connectivity index (χ2v) is 6.14. The van der Waals surface area contributed by atoms with Gasteiger partial charge < -0.3 is 0 Å². The minimum atomic E-state index is -1.34. The number of amides is 1. The van der Waals surface area contributed by atoms with Crippen LogP contribution in [0.5, 0.6) is 0 Å². The number of carbonyl (C=O) groups excluding carboxylic acids is 1. The molecule has 0 aliphatic carbocycles. The normalized spacial score (nSPS) is 11.0. The highest BCUT2D eigenvalue weighted by Crippen LogP contribution is 2.19. The number of aromatic nitrogens is 4. The Morgan fingerprint density at radius 2 is 1.76 bits per heavy atom. The second kappa shape index (κ2) is 8.03. The molecule has 144 valence electrons. The van der Waals surface area contributed by atoms with E-state index in [2.05, 4.69) is 20.2 Å². The largest absolute Gasteiger partial charge is 0.272 e. The molecule has 2 heterocycles. The van der Waals surface area contributed by atoms with E-state index in [0.29, 0.717) is 11.3 Å². The summed E-state index contributed by atoms with van der Waals surface area (Å²) < 4.78 is 26.9. The Kier molecular flexibility index (Phi) is 5.12. The van der Waals surface area contributed by atoms with Crippen molar-refractivity contribution in [2.75, 3.05) is 5.01 Å². The Balaban J connectivity index is 1.57. The number of hydrogen-bond donors (Lipinski definition) is 0. The maximum absolute atomic E-state index is 13.4. The van der Waals surface area contributed by atoms with Crippen molar-refractivity contribution >= 4 is 22.8 Å². The molecular formula is C20H14F2N6O. The molecule has 0 unspecified atom stereocenters. The number of fused-ring (bicyclic) bond motifs is 1. The third-order valence-corrected chi connectivity index (χ3v) is 4.22. The average Bonchev–Trinajstić information content (AvgIpc) is 2.74. The van der Waals surface area contributed by atoms with Gasteiger partial charge in [0.2, 0.25) is 0 Å². The number of benzene rings is 2. The fourth-order valence-corrected chi connectivity index (χ4v) is 2.86. The van der Waals surface area contributed by atoms with Crippen molar-refractivity contribution in [3.8, 4) is 11.3 Å². The lowest BCUT2D eigenvalue weighted by Crippen LogP contribution is -2.40. The summed E-state index contributed by atoms with van der Waals surface area (Å²) in [5.41, 5.74) is 1.12. The molecule has 0 aliphatic rings. The van der Waals surface area contributed by atoms with Crippen molar-refractivity contribution in [1.82, 2.24) is 25.6 Å². The van der Waals surface area contributed by atoms with Crippen molar-refractivity contribution < 1.29 is 13.8 Å². The fraction of sp³-hybridized carbons (Fsp3) is 0.0500. The third kappa shape index (κ3) is 4.04. The Hall–Kier alpha value is -3.85. The van der Waals surface area contributed by atoms with Crippen LogP contribution in [0, 0.1) is 0 Å². The second-order valence-electron chi connectivity index (χ2n) is 6.14. The lowest BCUT2D eigenvalue weighted by Gasteiger charge is -2.18. The number of halogens is 2. The SMILES string of the molecule is O=C(Cc1ccc2ncccc2c1)N(c1ncc(-c2ccccc2)nn1)N(F)F. The van der Waals surface area contributed by atoms with E-state index in [-0.39, 0.29) is 11.4 Å². The molecule has 0 bridgehead atoms. The molecule has 29 heavy (non-hydrogen) atoms. The van der Waals surface area contributed by atoms with Crippen LogP contribution in [0.3, 0.4) is 0 Å². The van der Waals surface area contributed by atoms with Gasteiger partial charge in [-0.15, -0.1) is 15.2 Å². The Morgan fingerprint density at radius 3 is 2.48 bits per heavy atom. The van der Waals surface area contributed by atoms with Crippen LogP contribution in [0.15, 0.2) is 73.1 Å². The monoisotopic (exact) mass is 392 g/mol. The van der Waals surface area contributed by atoms with Crippen molar-refractivity contribution in [1.29, 1.82) is 0 Å². The van der Waals surface area contributed by atoms with E-state index in [9.17, 15) is 13.8 Å². The van der Waals surface area contributed by atoms with Gasteiger partial charge in [0.1, 0.15) is 11.1 Å². The predicted octanol–water partition coefficient (Wildman–Crippen LogP) is 3.65. The van der Waals surface area contributed by atoms with Crippen LogP contribution in [-0.2, 0) is 11.2 Å². The van der Waals surface area contributed by atoms with Gasteiger partial charge in [-0.1, -0.05) is 51.4 Å². The van der Waals surface area contributed by atoms with Crippen molar-refractivity contribution in [3.05, 3.63) is 78.6 Å². The van der Waals surface area contributed by atoms with Crippen molar-refractivity contribution in [2.24, 2.45) is 0 Å². The van der Waals surface area contributed by atoms with Crippen molar-refractivity contribution in [2.45, 2.75) is 6.42 Å². The zero-order valence-electron chi connectivity index (χ0n) is 15.0. The predicted molar refractivity (Wildman–Crippen MR) is 102 cm³/mol. The number of hydrogen-bond acceptors (Lipinski definition) is 6. The number of nitrogens with zero attached hydrogens (tertiary/aromatic N) is 6. The van der Waals surface area contributed by atoms with Gasteiger partial charge in [0.05, 0.1) is 18.1 Å². The van der Waals surface area contributed by atoms with Crippen LogP contribution < -0.4 is 5.01 Å². The minimum absolute atomic E-state index is 0.0925. The first-order valence-corrected chi connectivity index (χ1v) is 8.65. The summed E-state index contributed by atoms with van der Waals surface area (Å²) in [7, 11) is 0. The van der Waals surface area contributed by atoms with E-state index in [4.69, 9.17) is 0 Å². The van der Waals surface area contributed by atoms with E-state index in [0.717, 1.165) is 16.5 Å². The van der Waals surface area contributed by atoms with Gasteiger partial charge in [-0.05, 0) is 23.8 Å². The number of anilines is 1. The highest BCUT2D eigenvalue weighted by molar-refractivity contribution is 5.92. The summed E-state index contributed by atoms with van der Waals surface area (Å²) in [5, 5.41) is 8.51. The Bertz CT molecular complexity index is 1140. The zero-order valence-corrected chi connectivity index (χ0v) is 15.0. The molecular weight excluding hydrogens is 378 g/mol. The standard InChI is InChI=1S/C20H14F2N6O/c21-28(22)27(20-24-13-18(25-26-20)15-5-2-1-3-6-15)19(29)12-14-8-9-17-16(11-14)7-4-10-23-17/h1-11,13H,12H2. The van der Waals surface area contributed by atoms with Gasteiger partial charge >= 0.3 is 0 Å². The van der Waals surface area contributed by atoms with Crippen LogP contribution in [0.25, 0.3) is 22.2 Å². The molecule has 4 rings (SSSR count). The van der Waals surface area contributed by atoms with Gasteiger partial charge in [-0.2, -0.15) is 0 Å². The van der Waals surface area contributed by atoms with Crippen LogP contribution >= 0.6 is 0 Å². The first-order chi connectivity index (χ1) is 14.1. The van der Waals surface area contributed by atoms with E-state index in [1.165, 1.54) is 6.20 Å². The smallest absolute Gasteiger partial charge is 0.271 e. The molecule has 2 aromatic heterocycles. The Morgan fingerprint density at radius 1 is 0.931 bits per heavy atom. The molecule has 0 fully saturated rings. The summed E-state index contributed by atoms with van der Waals surface area (Å²) in [4.78, 5) is 20.6. The van der Waals surface area contributed by atoms with Gasteiger partial charge in [0.15, 0.2) is 0 Å². The zero-order chi connectivity index (χ0) is 20.2. The lowest BCUT2D eigenvalue weighted by atomic mass is 10.1. The molecule has 0 saturated heterocycles. The number of pyridine rings is 1. The van der Waals surface area contributed by atoms with Crippen molar-refractivity contribution in [3.63, 3.8) is 0 Å². The number of rotatable bonds is 5. The van der Waals surface area contributed by atoms with E-state index in [1.54, 1.807) is 42.6 Å². The maximum Gasteiger partial charge on any atom is 0.271 e. The summed E-state index contributed by atoms with van der Waals surface area (Å²) in [6, 6.07) is 17.8. The maximum atomic E-state index is 13.4. The highest BCUT2D eigenvalue weighted by Gasteiger charge is 2.27. The van der Waals surface area contributed by atoms with Gasteiger partial charge in [0.25, 0.3) is 11.9 Å². The van der Waals surface area contributed by atoms with Gasteiger partial charge in [0, 0.05) is 17.1 Å².